The van der Waals surface area contributed by atoms with Crippen molar-refractivity contribution in [2.24, 2.45) is 0 Å². The van der Waals surface area contributed by atoms with Crippen LogP contribution >= 0.6 is 0 Å². The van der Waals surface area contributed by atoms with Crippen LogP contribution in [0.3, 0.4) is 0 Å². The quantitative estimate of drug-likeness (QED) is 0.671. The summed E-state index contributed by atoms with van der Waals surface area (Å²) in [7, 11) is 1.66. The standard InChI is InChI=1S/C22H28N6O2/c1-30-17-9-10-19-15(13-17)14-18(22(29)23-19)20(27-11-5-2-6-12-27)21-24-25-26-28(21)16-7-3-4-8-16/h9-10,13-14,16,20H,2-8,11-12H2,1H3,(H,23,29)/p+1/t20-/m0/s1. The second kappa shape index (κ2) is 8.18. The lowest BCUT2D eigenvalue weighted by Crippen LogP contribution is -3.13. The average Bonchev–Trinajstić information content (AvgIpc) is 3.47. The molecule has 1 aliphatic carbocycles. The van der Waals surface area contributed by atoms with Gasteiger partial charge in [0.25, 0.3) is 5.56 Å². The molecule has 1 atom stereocenters. The maximum absolute atomic E-state index is 13.2. The fraction of sp³-hybridized carbons (Fsp3) is 0.545. The minimum atomic E-state index is -0.166. The molecule has 0 spiro atoms. The summed E-state index contributed by atoms with van der Waals surface area (Å²) in [4.78, 5) is 17.7. The molecule has 5 rings (SSSR count). The van der Waals surface area contributed by atoms with E-state index >= 15 is 0 Å². The molecule has 1 aliphatic heterocycles. The molecule has 30 heavy (non-hydrogen) atoms. The Kier molecular flexibility index (Phi) is 5.25. The van der Waals surface area contributed by atoms with E-state index in [0.717, 1.165) is 66.8 Å². The van der Waals surface area contributed by atoms with E-state index in [1.165, 1.54) is 24.2 Å². The Labute approximate surface area is 175 Å². The van der Waals surface area contributed by atoms with E-state index in [4.69, 9.17) is 4.74 Å². The summed E-state index contributed by atoms with van der Waals surface area (Å²) in [6.07, 6.45) is 8.20. The number of quaternary nitrogens is 1. The van der Waals surface area contributed by atoms with Gasteiger partial charge in [-0.1, -0.05) is 12.8 Å². The van der Waals surface area contributed by atoms with Crippen molar-refractivity contribution in [3.8, 4) is 5.75 Å². The van der Waals surface area contributed by atoms with Gasteiger partial charge in [0.2, 0.25) is 5.82 Å². The number of fused-ring (bicyclic) bond motifs is 1. The number of benzene rings is 1. The first-order valence-corrected chi connectivity index (χ1v) is 11.1. The maximum Gasteiger partial charge on any atom is 0.258 e. The molecule has 2 aromatic heterocycles. The third kappa shape index (κ3) is 3.49. The van der Waals surface area contributed by atoms with Crippen molar-refractivity contribution in [3.63, 3.8) is 0 Å². The van der Waals surface area contributed by atoms with Crippen molar-refractivity contribution in [3.05, 3.63) is 46.0 Å². The molecular weight excluding hydrogens is 380 g/mol. The maximum atomic E-state index is 13.2. The first kappa shape index (κ1) is 19.2. The van der Waals surface area contributed by atoms with E-state index in [0.29, 0.717) is 6.04 Å². The van der Waals surface area contributed by atoms with Gasteiger partial charge in [-0.25, -0.2) is 4.68 Å². The number of tetrazole rings is 1. The third-order valence-corrected chi connectivity index (χ3v) is 6.74. The average molecular weight is 410 g/mol. The first-order chi connectivity index (χ1) is 14.7. The number of piperidine rings is 1. The van der Waals surface area contributed by atoms with E-state index in [2.05, 4.69) is 20.5 Å². The van der Waals surface area contributed by atoms with Crippen molar-refractivity contribution in [1.82, 2.24) is 25.2 Å². The summed E-state index contributed by atoms with van der Waals surface area (Å²) in [6, 6.07) is 7.91. The lowest BCUT2D eigenvalue weighted by Gasteiger charge is -2.31. The van der Waals surface area contributed by atoms with Crippen LogP contribution < -0.4 is 15.2 Å². The minimum Gasteiger partial charge on any atom is -0.497 e. The van der Waals surface area contributed by atoms with Gasteiger partial charge >= 0.3 is 0 Å². The Morgan fingerprint density at radius 3 is 2.70 bits per heavy atom. The molecule has 8 nitrogen and oxygen atoms in total. The van der Waals surface area contributed by atoms with E-state index in [-0.39, 0.29) is 11.6 Å². The van der Waals surface area contributed by atoms with Gasteiger partial charge in [0.05, 0.1) is 31.8 Å². The fourth-order valence-corrected chi connectivity index (χ4v) is 5.18. The van der Waals surface area contributed by atoms with Crippen molar-refractivity contribution >= 4 is 10.9 Å². The molecule has 2 fully saturated rings. The van der Waals surface area contributed by atoms with Crippen LogP contribution in [0.2, 0.25) is 0 Å². The number of H-pyrrole nitrogens is 1. The third-order valence-electron chi connectivity index (χ3n) is 6.74. The molecule has 0 amide bonds. The lowest BCUT2D eigenvalue weighted by atomic mass is 10.00. The first-order valence-electron chi connectivity index (χ1n) is 11.1. The number of likely N-dealkylation sites (tertiary alicyclic amines) is 1. The number of hydrogen-bond donors (Lipinski definition) is 2. The molecule has 0 radical (unpaired) electrons. The number of nitrogens with one attached hydrogen (secondary N) is 2. The van der Waals surface area contributed by atoms with Crippen molar-refractivity contribution in [1.29, 1.82) is 0 Å². The molecule has 1 saturated heterocycles. The van der Waals surface area contributed by atoms with E-state index in [1.807, 2.05) is 28.9 Å². The number of aromatic amines is 1. The summed E-state index contributed by atoms with van der Waals surface area (Å²) >= 11 is 0. The molecule has 2 aliphatic rings. The van der Waals surface area contributed by atoms with Crippen LogP contribution in [0.25, 0.3) is 10.9 Å². The van der Waals surface area contributed by atoms with Crippen molar-refractivity contribution in [2.45, 2.75) is 57.0 Å². The molecule has 1 aromatic carbocycles. The van der Waals surface area contributed by atoms with Crippen LogP contribution in [0.5, 0.6) is 5.75 Å². The molecule has 3 heterocycles. The number of hydrogen-bond acceptors (Lipinski definition) is 5. The highest BCUT2D eigenvalue weighted by atomic mass is 16.5. The van der Waals surface area contributed by atoms with Gasteiger partial charge in [-0.15, -0.1) is 5.10 Å². The summed E-state index contributed by atoms with van der Waals surface area (Å²) in [5.74, 6) is 1.60. The molecule has 8 heteroatoms. The Morgan fingerprint density at radius 1 is 1.13 bits per heavy atom. The molecule has 3 aromatic rings. The van der Waals surface area contributed by atoms with E-state index in [1.54, 1.807) is 7.11 Å². The second-order valence-electron chi connectivity index (χ2n) is 8.58. The Bertz CT molecular complexity index is 1080. The summed E-state index contributed by atoms with van der Waals surface area (Å²) in [6.45, 7) is 2.05. The zero-order valence-electron chi connectivity index (χ0n) is 17.4. The smallest absolute Gasteiger partial charge is 0.258 e. The van der Waals surface area contributed by atoms with Crippen LogP contribution in [-0.4, -0.2) is 45.4 Å². The predicted molar refractivity (Wildman–Crippen MR) is 113 cm³/mol. The highest BCUT2D eigenvalue weighted by Gasteiger charge is 2.36. The Hall–Kier alpha value is -2.74. The van der Waals surface area contributed by atoms with Crippen LogP contribution in [0, 0.1) is 0 Å². The van der Waals surface area contributed by atoms with Gasteiger partial charge in [-0.05, 0) is 66.8 Å². The number of aromatic nitrogens is 5. The predicted octanol–water partition coefficient (Wildman–Crippen LogP) is 1.80. The van der Waals surface area contributed by atoms with Crippen LogP contribution in [0.1, 0.15) is 68.4 Å². The number of rotatable bonds is 5. The number of methoxy groups -OCH3 is 1. The summed E-state index contributed by atoms with van der Waals surface area (Å²) in [5, 5.41) is 13.8. The molecule has 158 valence electrons. The topological polar surface area (TPSA) is 90.1 Å². The van der Waals surface area contributed by atoms with Gasteiger partial charge in [0.1, 0.15) is 5.75 Å². The Balaban J connectivity index is 1.65. The largest absolute Gasteiger partial charge is 0.497 e. The Morgan fingerprint density at radius 2 is 1.93 bits per heavy atom. The zero-order valence-corrected chi connectivity index (χ0v) is 17.4. The van der Waals surface area contributed by atoms with Gasteiger partial charge < -0.3 is 14.6 Å². The van der Waals surface area contributed by atoms with Crippen LogP contribution in [0.15, 0.2) is 29.1 Å². The molecule has 0 bridgehead atoms. The van der Waals surface area contributed by atoms with Gasteiger partial charge in [-0.2, -0.15) is 0 Å². The van der Waals surface area contributed by atoms with Gasteiger partial charge in [-0.3, -0.25) is 4.79 Å². The lowest BCUT2D eigenvalue weighted by molar-refractivity contribution is -0.931. The van der Waals surface area contributed by atoms with Crippen molar-refractivity contribution in [2.75, 3.05) is 20.2 Å². The van der Waals surface area contributed by atoms with Gasteiger partial charge in [0.15, 0.2) is 6.04 Å². The van der Waals surface area contributed by atoms with E-state index in [9.17, 15) is 4.79 Å². The SMILES string of the molecule is COc1ccc2[nH]c(=O)c([C@@H](c3nnnn3C3CCCC3)[NH+]3CCCCC3)cc2c1. The molecule has 1 saturated carbocycles. The minimum absolute atomic E-state index is 0.0586. The fourth-order valence-electron chi connectivity index (χ4n) is 5.18. The van der Waals surface area contributed by atoms with E-state index < -0.39 is 0 Å². The second-order valence-corrected chi connectivity index (χ2v) is 8.58. The number of nitrogens with zero attached hydrogens (tertiary/aromatic N) is 4. The zero-order chi connectivity index (χ0) is 20.5. The summed E-state index contributed by atoms with van der Waals surface area (Å²) < 4.78 is 7.40. The van der Waals surface area contributed by atoms with Crippen LogP contribution in [0.4, 0.5) is 0 Å². The molecule has 2 N–H and O–H groups in total. The normalized spacial score (nSPS) is 19.4. The number of ether oxygens (including phenoxy) is 1. The highest BCUT2D eigenvalue weighted by Crippen LogP contribution is 2.31. The molecular formula is C22H29N6O2+. The highest BCUT2D eigenvalue weighted by molar-refractivity contribution is 5.80. The van der Waals surface area contributed by atoms with Crippen LogP contribution in [-0.2, 0) is 0 Å². The summed E-state index contributed by atoms with van der Waals surface area (Å²) in [5.41, 5.74) is 1.49. The number of pyridine rings is 1. The molecule has 0 unspecified atom stereocenters. The monoisotopic (exact) mass is 409 g/mol. The van der Waals surface area contributed by atoms with Gasteiger partial charge in [0, 0.05) is 10.9 Å². The van der Waals surface area contributed by atoms with Crippen molar-refractivity contribution < 1.29 is 9.64 Å².